The zero-order valence-electron chi connectivity index (χ0n) is 20.8. The van der Waals surface area contributed by atoms with E-state index < -0.39 is 0 Å². The van der Waals surface area contributed by atoms with Gasteiger partial charge in [0.05, 0.1) is 25.3 Å². The second kappa shape index (κ2) is 16.4. The molecule has 1 N–H and O–H groups in total. The van der Waals surface area contributed by atoms with Crippen LogP contribution in [0.1, 0.15) is 96.8 Å². The minimum Gasteiger partial charge on any atom is -0.497 e. The van der Waals surface area contributed by atoms with Crippen molar-refractivity contribution in [2.24, 2.45) is 5.92 Å². The minimum absolute atomic E-state index is 0.119. The Labute approximate surface area is 200 Å². The summed E-state index contributed by atoms with van der Waals surface area (Å²) in [6.07, 6.45) is 17.1. The quantitative estimate of drug-likeness (QED) is 0.209. The number of carbonyl (C=O) groups excluding carboxylic acids is 2. The van der Waals surface area contributed by atoms with Crippen LogP contribution in [0, 0.1) is 5.92 Å². The largest absolute Gasteiger partial charge is 0.497 e. The Hall–Kier alpha value is -2.24. The maximum absolute atomic E-state index is 12.2. The van der Waals surface area contributed by atoms with Gasteiger partial charge in [0, 0.05) is 12.5 Å². The van der Waals surface area contributed by atoms with Crippen LogP contribution in [-0.4, -0.2) is 32.1 Å². The molecular weight excluding hydrogens is 416 g/mol. The van der Waals surface area contributed by atoms with Gasteiger partial charge in [-0.15, -0.1) is 0 Å². The normalized spacial score (nSPS) is 15.5. The van der Waals surface area contributed by atoms with E-state index in [-0.39, 0.29) is 24.4 Å². The Morgan fingerprint density at radius 1 is 0.970 bits per heavy atom. The molecule has 1 fully saturated rings. The van der Waals surface area contributed by atoms with E-state index in [9.17, 15) is 9.59 Å². The summed E-state index contributed by atoms with van der Waals surface area (Å²) in [6, 6.07) is 7.51. The SMILES string of the molecule is CCCCCCCCCCCCCCCC(=O)OCC1CN(c2cccc(OC)c2)NC1=O. The van der Waals surface area contributed by atoms with Gasteiger partial charge >= 0.3 is 5.97 Å². The van der Waals surface area contributed by atoms with Crippen LogP contribution in [0.5, 0.6) is 5.75 Å². The van der Waals surface area contributed by atoms with Crippen molar-refractivity contribution in [2.75, 3.05) is 25.3 Å². The fourth-order valence-corrected chi connectivity index (χ4v) is 4.20. The number of methoxy groups -OCH3 is 1. The summed E-state index contributed by atoms with van der Waals surface area (Å²) >= 11 is 0. The molecule has 0 spiro atoms. The van der Waals surface area contributed by atoms with Gasteiger partial charge in [-0.05, 0) is 18.6 Å². The summed E-state index contributed by atoms with van der Waals surface area (Å²) in [7, 11) is 1.61. The topological polar surface area (TPSA) is 67.9 Å². The molecule has 1 amide bonds. The molecule has 1 aliphatic rings. The Morgan fingerprint density at radius 3 is 2.18 bits per heavy atom. The summed E-state index contributed by atoms with van der Waals surface area (Å²) < 4.78 is 10.6. The van der Waals surface area contributed by atoms with E-state index in [1.54, 1.807) is 12.1 Å². The van der Waals surface area contributed by atoms with Crippen LogP contribution in [0.4, 0.5) is 5.69 Å². The number of unbranched alkanes of at least 4 members (excludes halogenated alkanes) is 12. The van der Waals surface area contributed by atoms with E-state index in [2.05, 4.69) is 12.3 Å². The van der Waals surface area contributed by atoms with Crippen molar-refractivity contribution in [3.63, 3.8) is 0 Å². The number of amides is 1. The lowest BCUT2D eigenvalue weighted by molar-refractivity contribution is -0.145. The van der Waals surface area contributed by atoms with Gasteiger partial charge in [-0.25, -0.2) is 0 Å². The molecule has 1 unspecified atom stereocenters. The maximum Gasteiger partial charge on any atom is 0.305 e. The third-order valence-electron chi connectivity index (χ3n) is 6.31. The highest BCUT2D eigenvalue weighted by Crippen LogP contribution is 2.23. The number of rotatable bonds is 18. The number of anilines is 1. The average Bonchev–Trinajstić information content (AvgIpc) is 3.21. The number of ether oxygens (including phenoxy) is 2. The molecule has 0 saturated carbocycles. The number of benzene rings is 1. The summed E-state index contributed by atoms with van der Waals surface area (Å²) in [5, 5.41) is 1.77. The Bertz CT molecular complexity index is 694. The van der Waals surface area contributed by atoms with Crippen molar-refractivity contribution in [1.29, 1.82) is 0 Å². The maximum atomic E-state index is 12.2. The van der Waals surface area contributed by atoms with E-state index in [1.807, 2.05) is 24.3 Å². The number of carbonyl (C=O) groups is 2. The third-order valence-corrected chi connectivity index (χ3v) is 6.31. The van der Waals surface area contributed by atoms with Gasteiger partial charge in [-0.2, -0.15) is 0 Å². The zero-order chi connectivity index (χ0) is 23.7. The molecule has 0 aliphatic carbocycles. The summed E-state index contributed by atoms with van der Waals surface area (Å²) in [4.78, 5) is 24.3. The molecule has 1 aliphatic heterocycles. The lowest BCUT2D eigenvalue weighted by Crippen LogP contribution is -2.32. The van der Waals surface area contributed by atoms with E-state index >= 15 is 0 Å². The lowest BCUT2D eigenvalue weighted by atomic mass is 10.0. The monoisotopic (exact) mass is 460 g/mol. The molecule has 0 bridgehead atoms. The Morgan fingerprint density at radius 2 is 1.58 bits per heavy atom. The molecular formula is C27H44N2O4. The van der Waals surface area contributed by atoms with E-state index in [0.29, 0.717) is 13.0 Å². The summed E-state index contributed by atoms with van der Waals surface area (Å²) in [5.41, 5.74) is 3.69. The van der Waals surface area contributed by atoms with Crippen LogP contribution < -0.4 is 15.2 Å². The first-order chi connectivity index (χ1) is 16.1. The van der Waals surface area contributed by atoms with Crippen LogP contribution in [-0.2, 0) is 14.3 Å². The molecule has 1 aromatic carbocycles. The molecule has 0 aromatic heterocycles. The fourth-order valence-electron chi connectivity index (χ4n) is 4.20. The lowest BCUT2D eigenvalue weighted by Gasteiger charge is -2.18. The van der Waals surface area contributed by atoms with Gasteiger partial charge in [0.2, 0.25) is 5.91 Å². The first-order valence-electron chi connectivity index (χ1n) is 13.0. The third kappa shape index (κ3) is 11.0. The number of hydrogen-bond donors (Lipinski definition) is 1. The summed E-state index contributed by atoms with van der Waals surface area (Å²) in [6.45, 7) is 2.86. The van der Waals surface area contributed by atoms with Gasteiger partial charge in [-0.1, -0.05) is 90.0 Å². The summed E-state index contributed by atoms with van der Waals surface area (Å²) in [5.74, 6) is 0.0542. The Balaban J connectivity index is 1.46. The van der Waals surface area contributed by atoms with Crippen molar-refractivity contribution < 1.29 is 19.1 Å². The van der Waals surface area contributed by atoms with Gasteiger partial charge in [-0.3, -0.25) is 20.0 Å². The smallest absolute Gasteiger partial charge is 0.305 e. The molecule has 186 valence electrons. The van der Waals surface area contributed by atoms with Gasteiger partial charge in [0.25, 0.3) is 0 Å². The second-order valence-corrected chi connectivity index (χ2v) is 9.16. The van der Waals surface area contributed by atoms with Crippen molar-refractivity contribution >= 4 is 17.6 Å². The zero-order valence-corrected chi connectivity index (χ0v) is 20.8. The molecule has 1 aromatic rings. The average molecular weight is 461 g/mol. The molecule has 1 heterocycles. The number of esters is 1. The fraction of sp³-hybridized carbons (Fsp3) is 0.704. The van der Waals surface area contributed by atoms with Crippen molar-refractivity contribution in [2.45, 2.75) is 96.8 Å². The highest BCUT2D eigenvalue weighted by molar-refractivity contribution is 5.84. The van der Waals surface area contributed by atoms with Crippen LogP contribution in [0.3, 0.4) is 0 Å². The number of nitrogens with one attached hydrogen (secondary N) is 1. The van der Waals surface area contributed by atoms with Gasteiger partial charge in [0.1, 0.15) is 12.4 Å². The minimum atomic E-state index is -0.355. The predicted molar refractivity (Wildman–Crippen MR) is 133 cm³/mol. The number of nitrogens with zero attached hydrogens (tertiary/aromatic N) is 1. The molecule has 6 nitrogen and oxygen atoms in total. The van der Waals surface area contributed by atoms with Crippen LogP contribution >= 0.6 is 0 Å². The van der Waals surface area contributed by atoms with Gasteiger partial charge in [0.15, 0.2) is 0 Å². The molecule has 6 heteroatoms. The van der Waals surface area contributed by atoms with Crippen molar-refractivity contribution in [3.8, 4) is 5.75 Å². The van der Waals surface area contributed by atoms with Crippen LogP contribution in [0.15, 0.2) is 24.3 Å². The van der Waals surface area contributed by atoms with E-state index in [4.69, 9.17) is 9.47 Å². The molecule has 1 atom stereocenters. The van der Waals surface area contributed by atoms with E-state index in [1.165, 1.54) is 70.6 Å². The van der Waals surface area contributed by atoms with E-state index in [0.717, 1.165) is 24.3 Å². The highest BCUT2D eigenvalue weighted by Gasteiger charge is 2.32. The molecule has 33 heavy (non-hydrogen) atoms. The van der Waals surface area contributed by atoms with Crippen LogP contribution in [0.2, 0.25) is 0 Å². The first-order valence-corrected chi connectivity index (χ1v) is 13.0. The van der Waals surface area contributed by atoms with Crippen LogP contribution in [0.25, 0.3) is 0 Å². The number of hydrogen-bond acceptors (Lipinski definition) is 5. The first kappa shape index (κ1) is 27.0. The predicted octanol–water partition coefficient (Wildman–Crippen LogP) is 6.19. The van der Waals surface area contributed by atoms with Gasteiger partial charge < -0.3 is 9.47 Å². The van der Waals surface area contributed by atoms with Crippen molar-refractivity contribution in [3.05, 3.63) is 24.3 Å². The molecule has 2 rings (SSSR count). The molecule has 1 saturated heterocycles. The second-order valence-electron chi connectivity index (χ2n) is 9.16. The standard InChI is InChI=1S/C27H44N2O4/c1-3-4-5-6-7-8-9-10-11-12-13-14-15-19-26(30)33-22-23-21-29(28-27(23)31)24-17-16-18-25(20-24)32-2/h16-18,20,23H,3-15,19,21-22H2,1-2H3,(H,28,31). The molecule has 0 radical (unpaired) electrons. The highest BCUT2D eigenvalue weighted by atomic mass is 16.5. The Kier molecular flexibility index (Phi) is 13.4. The number of hydrazine groups is 1. The van der Waals surface area contributed by atoms with Crippen molar-refractivity contribution in [1.82, 2.24) is 5.43 Å².